The molecule has 0 spiro atoms. The molecule has 20 heavy (non-hydrogen) atoms. The van der Waals surface area contributed by atoms with E-state index in [-0.39, 0.29) is 5.38 Å². The Bertz CT molecular complexity index is 629. The fourth-order valence-corrected chi connectivity index (χ4v) is 3.20. The molecule has 1 fully saturated rings. The van der Waals surface area contributed by atoms with E-state index < -0.39 is 0 Å². The molecule has 2 aromatic rings. The second kappa shape index (κ2) is 4.96. The monoisotopic (exact) mass is 292 g/mol. The van der Waals surface area contributed by atoms with Crippen LogP contribution >= 0.6 is 11.6 Å². The van der Waals surface area contributed by atoms with Gasteiger partial charge in [-0.3, -0.25) is 0 Å². The van der Waals surface area contributed by atoms with E-state index in [2.05, 4.69) is 17.6 Å². The summed E-state index contributed by atoms with van der Waals surface area (Å²) in [6.45, 7) is 5.33. The number of aromatic nitrogens is 2. The van der Waals surface area contributed by atoms with E-state index in [0.717, 1.165) is 29.2 Å². The molecule has 1 aromatic carbocycles. The van der Waals surface area contributed by atoms with Crippen LogP contribution in [0.5, 0.6) is 5.75 Å². The molecule has 4 heteroatoms. The number of fused-ring (bicyclic) bond motifs is 1. The highest BCUT2D eigenvalue weighted by Crippen LogP contribution is 2.43. The molecule has 1 saturated carbocycles. The van der Waals surface area contributed by atoms with Gasteiger partial charge in [-0.2, -0.15) is 0 Å². The third-order valence-corrected chi connectivity index (χ3v) is 4.64. The molecule has 1 aliphatic rings. The van der Waals surface area contributed by atoms with E-state index in [9.17, 15) is 0 Å². The van der Waals surface area contributed by atoms with Gasteiger partial charge in [0.05, 0.1) is 23.5 Å². The first-order valence-corrected chi connectivity index (χ1v) is 7.64. The fourth-order valence-electron chi connectivity index (χ4n) is 3.04. The molecule has 3 rings (SSSR count). The molecule has 1 heterocycles. The van der Waals surface area contributed by atoms with E-state index in [1.807, 2.05) is 19.1 Å². The zero-order valence-corrected chi connectivity index (χ0v) is 13.1. The molecular weight excluding hydrogens is 272 g/mol. The number of hydrogen-bond acceptors (Lipinski definition) is 2. The van der Waals surface area contributed by atoms with Gasteiger partial charge in [0.25, 0.3) is 0 Å². The number of alkyl halides is 1. The van der Waals surface area contributed by atoms with Crippen molar-refractivity contribution in [1.29, 1.82) is 0 Å². The van der Waals surface area contributed by atoms with Crippen LogP contribution in [0.3, 0.4) is 0 Å². The average molecular weight is 293 g/mol. The molecule has 0 N–H and O–H groups in total. The van der Waals surface area contributed by atoms with Gasteiger partial charge in [-0.15, -0.1) is 11.6 Å². The first kappa shape index (κ1) is 13.7. The number of imidazole rings is 1. The zero-order valence-electron chi connectivity index (χ0n) is 12.3. The number of hydrogen-bond donors (Lipinski definition) is 0. The molecule has 0 amide bonds. The van der Waals surface area contributed by atoms with Crippen LogP contribution in [0.1, 0.15) is 44.3 Å². The topological polar surface area (TPSA) is 27.1 Å². The first-order valence-electron chi connectivity index (χ1n) is 7.21. The third kappa shape index (κ3) is 2.28. The van der Waals surface area contributed by atoms with Gasteiger partial charge in [-0.05, 0) is 37.3 Å². The van der Waals surface area contributed by atoms with Crippen LogP contribution < -0.4 is 4.74 Å². The summed E-state index contributed by atoms with van der Waals surface area (Å²) in [7, 11) is 1.69. The molecule has 1 aliphatic carbocycles. The Kier molecular flexibility index (Phi) is 3.41. The minimum absolute atomic E-state index is 0.0860. The molecule has 1 aromatic heterocycles. The lowest BCUT2D eigenvalue weighted by Gasteiger charge is -2.39. The predicted molar refractivity (Wildman–Crippen MR) is 82.5 cm³/mol. The summed E-state index contributed by atoms with van der Waals surface area (Å²) in [5.41, 5.74) is 2.51. The van der Waals surface area contributed by atoms with Gasteiger partial charge in [0.2, 0.25) is 0 Å². The highest BCUT2D eigenvalue weighted by molar-refractivity contribution is 6.20. The maximum absolute atomic E-state index is 6.33. The average Bonchev–Trinajstić information content (AvgIpc) is 2.75. The second-order valence-electron chi connectivity index (χ2n) is 6.19. The molecule has 0 radical (unpaired) electrons. The Morgan fingerprint density at radius 2 is 2.20 bits per heavy atom. The van der Waals surface area contributed by atoms with Crippen LogP contribution in [0.4, 0.5) is 0 Å². The van der Waals surface area contributed by atoms with Gasteiger partial charge < -0.3 is 9.30 Å². The lowest BCUT2D eigenvalue weighted by atomic mass is 9.70. The second-order valence-corrected chi connectivity index (χ2v) is 6.85. The van der Waals surface area contributed by atoms with Crippen molar-refractivity contribution in [2.24, 2.45) is 5.41 Å². The summed E-state index contributed by atoms with van der Waals surface area (Å²) in [6.07, 6.45) is 3.90. The SMILES string of the molecule is COc1ccc2nc(C(C)Cl)n(CC3(C)CCC3)c2c1. The number of methoxy groups -OCH3 is 1. The Hall–Kier alpha value is -1.22. The van der Waals surface area contributed by atoms with Crippen molar-refractivity contribution in [3.63, 3.8) is 0 Å². The fraction of sp³-hybridized carbons (Fsp3) is 0.562. The lowest BCUT2D eigenvalue weighted by Crippen LogP contribution is -2.31. The predicted octanol–water partition coefficient (Wildman–Crippen LogP) is 4.53. The van der Waals surface area contributed by atoms with Crippen LogP contribution in [-0.2, 0) is 6.54 Å². The van der Waals surface area contributed by atoms with E-state index in [4.69, 9.17) is 21.3 Å². The number of nitrogens with zero attached hydrogens (tertiary/aromatic N) is 2. The van der Waals surface area contributed by atoms with Crippen molar-refractivity contribution in [3.05, 3.63) is 24.0 Å². The Balaban J connectivity index is 2.11. The smallest absolute Gasteiger partial charge is 0.127 e. The summed E-state index contributed by atoms with van der Waals surface area (Å²) in [5.74, 6) is 1.83. The molecular formula is C16H21ClN2O. The van der Waals surface area contributed by atoms with E-state index in [0.29, 0.717) is 5.41 Å². The van der Waals surface area contributed by atoms with Crippen molar-refractivity contribution in [1.82, 2.24) is 9.55 Å². The third-order valence-electron chi connectivity index (χ3n) is 4.44. The zero-order chi connectivity index (χ0) is 14.3. The molecule has 0 bridgehead atoms. The standard InChI is InChI=1S/C16H21ClN2O/c1-11(17)15-18-13-6-5-12(20-3)9-14(13)19(15)10-16(2)7-4-8-16/h5-6,9,11H,4,7-8,10H2,1-3H3. The quantitative estimate of drug-likeness (QED) is 0.774. The normalized spacial score (nSPS) is 18.8. The lowest BCUT2D eigenvalue weighted by molar-refractivity contribution is 0.132. The highest BCUT2D eigenvalue weighted by Gasteiger charge is 2.33. The summed E-state index contributed by atoms with van der Waals surface area (Å²) in [6, 6.07) is 6.02. The van der Waals surface area contributed by atoms with Gasteiger partial charge in [0.1, 0.15) is 11.6 Å². The van der Waals surface area contributed by atoms with Crippen molar-refractivity contribution in [3.8, 4) is 5.75 Å². The van der Waals surface area contributed by atoms with Crippen molar-refractivity contribution < 1.29 is 4.74 Å². The maximum Gasteiger partial charge on any atom is 0.127 e. The van der Waals surface area contributed by atoms with Gasteiger partial charge in [-0.1, -0.05) is 13.3 Å². The molecule has 1 unspecified atom stereocenters. The molecule has 108 valence electrons. The first-order chi connectivity index (χ1) is 9.52. The van der Waals surface area contributed by atoms with Crippen molar-refractivity contribution >= 4 is 22.6 Å². The van der Waals surface area contributed by atoms with Crippen LogP contribution in [-0.4, -0.2) is 16.7 Å². The van der Waals surface area contributed by atoms with Crippen molar-refractivity contribution in [2.45, 2.75) is 45.0 Å². The van der Waals surface area contributed by atoms with Crippen LogP contribution in [0.25, 0.3) is 11.0 Å². The minimum atomic E-state index is -0.0860. The summed E-state index contributed by atoms with van der Waals surface area (Å²) < 4.78 is 7.63. The number of ether oxygens (including phenoxy) is 1. The summed E-state index contributed by atoms with van der Waals surface area (Å²) in [4.78, 5) is 4.71. The van der Waals surface area contributed by atoms with Gasteiger partial charge >= 0.3 is 0 Å². The van der Waals surface area contributed by atoms with Gasteiger partial charge in [0.15, 0.2) is 0 Å². The van der Waals surface area contributed by atoms with E-state index >= 15 is 0 Å². The highest BCUT2D eigenvalue weighted by atomic mass is 35.5. The van der Waals surface area contributed by atoms with Crippen molar-refractivity contribution in [2.75, 3.05) is 7.11 Å². The summed E-state index contributed by atoms with van der Waals surface area (Å²) >= 11 is 6.33. The number of benzene rings is 1. The van der Waals surface area contributed by atoms with Crippen LogP contribution in [0, 0.1) is 5.41 Å². The Morgan fingerprint density at radius 1 is 1.45 bits per heavy atom. The summed E-state index contributed by atoms with van der Waals surface area (Å²) in [5, 5.41) is -0.0860. The number of halogens is 1. The van der Waals surface area contributed by atoms with Crippen LogP contribution in [0.2, 0.25) is 0 Å². The van der Waals surface area contributed by atoms with E-state index in [1.54, 1.807) is 7.11 Å². The molecule has 1 atom stereocenters. The van der Waals surface area contributed by atoms with Gasteiger partial charge in [0, 0.05) is 12.6 Å². The van der Waals surface area contributed by atoms with Gasteiger partial charge in [-0.25, -0.2) is 4.98 Å². The Labute approximate surface area is 124 Å². The maximum atomic E-state index is 6.33. The molecule has 3 nitrogen and oxygen atoms in total. The molecule has 0 aliphatic heterocycles. The number of rotatable bonds is 4. The largest absolute Gasteiger partial charge is 0.497 e. The minimum Gasteiger partial charge on any atom is -0.497 e. The van der Waals surface area contributed by atoms with E-state index in [1.165, 1.54) is 19.3 Å². The molecule has 0 saturated heterocycles. The Morgan fingerprint density at radius 3 is 2.75 bits per heavy atom. The van der Waals surface area contributed by atoms with Crippen LogP contribution in [0.15, 0.2) is 18.2 Å².